The van der Waals surface area contributed by atoms with E-state index in [1.54, 1.807) is 6.08 Å². The van der Waals surface area contributed by atoms with Crippen molar-refractivity contribution in [1.82, 2.24) is 4.90 Å². The summed E-state index contributed by atoms with van der Waals surface area (Å²) in [6.07, 6.45) is 7.38. The molecule has 0 atom stereocenters. The monoisotopic (exact) mass is 122 g/mol. The molecule has 0 fully saturated rings. The van der Waals surface area contributed by atoms with Crippen LogP contribution in [0.3, 0.4) is 0 Å². The zero-order valence-corrected chi connectivity index (χ0v) is 5.29. The van der Waals surface area contributed by atoms with Crippen molar-refractivity contribution in [1.29, 1.82) is 0 Å². The maximum absolute atomic E-state index is 10.1. The van der Waals surface area contributed by atoms with Crippen molar-refractivity contribution < 1.29 is 4.79 Å². The second-order valence-corrected chi connectivity index (χ2v) is 2.05. The fraction of sp³-hybridized carbons (Fsp3) is 0.286. The van der Waals surface area contributed by atoms with E-state index in [2.05, 4.69) is 0 Å². The molecule has 0 N–H and O–H groups in total. The van der Waals surface area contributed by atoms with Crippen LogP contribution in [0, 0.1) is 0 Å². The summed E-state index contributed by atoms with van der Waals surface area (Å²) >= 11 is 0. The summed E-state index contributed by atoms with van der Waals surface area (Å²) < 4.78 is 0. The number of carbonyl (C=O) groups excluding carboxylic acids is 1. The topological polar surface area (TPSA) is 20.3 Å². The van der Waals surface area contributed by atoms with Crippen molar-refractivity contribution in [3.63, 3.8) is 0 Å². The highest BCUT2D eigenvalue weighted by molar-refractivity contribution is 5.75. The van der Waals surface area contributed by atoms with Gasteiger partial charge >= 0.3 is 0 Å². The third kappa shape index (κ3) is 1.42. The highest BCUT2D eigenvalue weighted by Crippen LogP contribution is 2.00. The first-order valence-corrected chi connectivity index (χ1v) is 2.78. The molecular weight excluding hydrogens is 114 g/mol. The number of rotatable bonds is 1. The van der Waals surface area contributed by atoms with Crippen LogP contribution in [0.5, 0.6) is 0 Å². The molecule has 1 aliphatic heterocycles. The Balaban J connectivity index is 2.65. The Bertz CT molecular complexity index is 170. The lowest BCUT2D eigenvalue weighted by molar-refractivity contribution is 0.490. The molecule has 0 aromatic rings. The lowest BCUT2D eigenvalue weighted by atomic mass is 10.2. The van der Waals surface area contributed by atoms with Gasteiger partial charge < -0.3 is 4.90 Å². The summed E-state index contributed by atoms with van der Waals surface area (Å²) in [5.41, 5.74) is 0.708. The van der Waals surface area contributed by atoms with Crippen molar-refractivity contribution in [3.8, 4) is 0 Å². The molecule has 1 radical (unpaired) electrons. The molecule has 0 saturated carbocycles. The molecular formula is C7H8NO. The number of likely N-dealkylation sites (N-methyl/N-ethyl adjacent to an activating group) is 1. The largest absolute Gasteiger partial charge is 0.376 e. The molecule has 1 rings (SSSR count). The van der Waals surface area contributed by atoms with Gasteiger partial charge in [-0.3, -0.25) is 4.79 Å². The van der Waals surface area contributed by atoms with Gasteiger partial charge in [0.25, 0.3) is 0 Å². The zero-order chi connectivity index (χ0) is 6.69. The van der Waals surface area contributed by atoms with Gasteiger partial charge in [-0.25, -0.2) is 0 Å². The van der Waals surface area contributed by atoms with Crippen LogP contribution in [0.1, 0.15) is 0 Å². The number of nitrogens with zero attached hydrogens (tertiary/aromatic N) is 1. The summed E-state index contributed by atoms with van der Waals surface area (Å²) in [4.78, 5) is 12.0. The minimum Gasteiger partial charge on any atom is -0.376 e. The first-order chi connectivity index (χ1) is 4.33. The Hall–Kier alpha value is -1.05. The van der Waals surface area contributed by atoms with E-state index in [9.17, 15) is 4.79 Å². The summed E-state index contributed by atoms with van der Waals surface area (Å²) in [6, 6.07) is 0. The molecule has 1 aliphatic rings. The fourth-order valence-corrected chi connectivity index (χ4v) is 0.747. The second-order valence-electron chi connectivity index (χ2n) is 2.05. The minimum atomic E-state index is 0.681. The van der Waals surface area contributed by atoms with Crippen LogP contribution >= 0.6 is 0 Å². The predicted octanol–water partition coefficient (Wildman–Crippen LogP) is 0.482. The van der Waals surface area contributed by atoms with Crippen LogP contribution in [-0.2, 0) is 4.79 Å². The van der Waals surface area contributed by atoms with E-state index in [-0.39, 0.29) is 0 Å². The summed E-state index contributed by atoms with van der Waals surface area (Å²) in [5, 5.41) is 0. The molecule has 1 heterocycles. The molecule has 0 saturated heterocycles. The molecule has 0 unspecified atom stereocenters. The van der Waals surface area contributed by atoms with Crippen molar-refractivity contribution in [3.05, 3.63) is 23.9 Å². The number of hydrogen-bond acceptors (Lipinski definition) is 2. The minimum absolute atomic E-state index is 0.681. The average molecular weight is 122 g/mol. The van der Waals surface area contributed by atoms with Gasteiger partial charge in [0, 0.05) is 19.2 Å². The van der Waals surface area contributed by atoms with Gasteiger partial charge in [-0.15, -0.1) is 0 Å². The Morgan fingerprint density at radius 3 is 3.00 bits per heavy atom. The van der Waals surface area contributed by atoms with Crippen LogP contribution in [0.25, 0.3) is 0 Å². The highest BCUT2D eigenvalue weighted by atomic mass is 16.1. The summed E-state index contributed by atoms with van der Waals surface area (Å²) in [6.45, 7) is 0.681. The Kier molecular flexibility index (Phi) is 1.68. The molecule has 0 amide bonds. The Morgan fingerprint density at radius 2 is 2.56 bits per heavy atom. The van der Waals surface area contributed by atoms with Gasteiger partial charge in [0.2, 0.25) is 6.29 Å². The van der Waals surface area contributed by atoms with Gasteiger partial charge in [0.1, 0.15) is 0 Å². The first-order valence-electron chi connectivity index (χ1n) is 2.78. The number of hydrogen-bond donors (Lipinski definition) is 0. The zero-order valence-electron chi connectivity index (χ0n) is 5.29. The Morgan fingerprint density at radius 1 is 1.78 bits per heavy atom. The molecule has 0 spiro atoms. The van der Waals surface area contributed by atoms with E-state index in [0.717, 1.165) is 0 Å². The van der Waals surface area contributed by atoms with Crippen LogP contribution in [-0.4, -0.2) is 24.8 Å². The molecule has 0 aromatic heterocycles. The first kappa shape index (κ1) is 6.08. The third-order valence-electron chi connectivity index (χ3n) is 1.19. The van der Waals surface area contributed by atoms with Crippen molar-refractivity contribution in [2.45, 2.75) is 0 Å². The molecule has 0 aliphatic carbocycles. The van der Waals surface area contributed by atoms with Crippen molar-refractivity contribution in [2.75, 3.05) is 13.6 Å². The maximum atomic E-state index is 10.1. The molecule has 0 bridgehead atoms. The van der Waals surface area contributed by atoms with Gasteiger partial charge in [0.15, 0.2) is 0 Å². The molecule has 2 nitrogen and oxygen atoms in total. The van der Waals surface area contributed by atoms with E-state index in [1.807, 2.05) is 30.5 Å². The van der Waals surface area contributed by atoms with Crippen LogP contribution < -0.4 is 0 Å². The van der Waals surface area contributed by atoms with Gasteiger partial charge in [-0.1, -0.05) is 6.08 Å². The van der Waals surface area contributed by atoms with E-state index < -0.39 is 0 Å². The third-order valence-corrected chi connectivity index (χ3v) is 1.19. The van der Waals surface area contributed by atoms with E-state index in [0.29, 0.717) is 12.1 Å². The SMILES string of the molecule is CN1C=CC=C([C]=O)C1. The van der Waals surface area contributed by atoms with E-state index in [1.165, 1.54) is 0 Å². The van der Waals surface area contributed by atoms with Gasteiger partial charge in [-0.2, -0.15) is 0 Å². The standard InChI is InChI=1S/C7H8NO/c1-8-4-2-3-7(5-8)6-9/h2-4H,5H2,1H3. The molecule has 9 heavy (non-hydrogen) atoms. The van der Waals surface area contributed by atoms with Crippen LogP contribution in [0.2, 0.25) is 0 Å². The maximum Gasteiger partial charge on any atom is 0.231 e. The summed E-state index contributed by atoms with van der Waals surface area (Å²) in [7, 11) is 1.92. The molecule has 47 valence electrons. The van der Waals surface area contributed by atoms with Crippen LogP contribution in [0.15, 0.2) is 23.9 Å². The number of allylic oxidation sites excluding steroid dienone is 2. The smallest absolute Gasteiger partial charge is 0.231 e. The van der Waals surface area contributed by atoms with Crippen molar-refractivity contribution in [2.24, 2.45) is 0 Å². The van der Waals surface area contributed by atoms with Gasteiger partial charge in [-0.05, 0) is 12.3 Å². The lowest BCUT2D eigenvalue weighted by Gasteiger charge is -2.15. The molecule has 2 heteroatoms. The Labute approximate surface area is 54.5 Å². The second kappa shape index (κ2) is 2.49. The van der Waals surface area contributed by atoms with Gasteiger partial charge in [0.05, 0.1) is 0 Å². The normalized spacial score (nSPS) is 17.4. The lowest BCUT2D eigenvalue weighted by Crippen LogP contribution is -2.16. The van der Waals surface area contributed by atoms with E-state index in [4.69, 9.17) is 0 Å². The molecule has 0 aromatic carbocycles. The fourth-order valence-electron chi connectivity index (χ4n) is 0.747. The van der Waals surface area contributed by atoms with Crippen LogP contribution in [0.4, 0.5) is 0 Å². The quantitative estimate of drug-likeness (QED) is 0.504. The average Bonchev–Trinajstić information content (AvgIpc) is 1.88. The van der Waals surface area contributed by atoms with E-state index >= 15 is 0 Å². The summed E-state index contributed by atoms with van der Waals surface area (Å²) in [5.74, 6) is 0. The van der Waals surface area contributed by atoms with Crippen molar-refractivity contribution >= 4 is 6.29 Å². The highest BCUT2D eigenvalue weighted by Gasteiger charge is 2.00. The predicted molar refractivity (Wildman–Crippen MR) is 35.5 cm³/mol.